The molecule has 4 nitrogen and oxygen atoms in total. The Bertz CT molecular complexity index is 461. The van der Waals surface area contributed by atoms with Gasteiger partial charge in [-0.3, -0.25) is 4.79 Å². The van der Waals surface area contributed by atoms with Crippen molar-refractivity contribution in [1.29, 1.82) is 0 Å². The molecule has 1 aliphatic rings. The summed E-state index contributed by atoms with van der Waals surface area (Å²) < 4.78 is 13.7. The third-order valence-corrected chi connectivity index (χ3v) is 4.35. The van der Waals surface area contributed by atoms with Crippen LogP contribution in [-0.4, -0.2) is 23.5 Å². The number of rotatable bonds is 4. The fourth-order valence-electron chi connectivity index (χ4n) is 1.97. The third-order valence-electron chi connectivity index (χ3n) is 2.95. The Morgan fingerprint density at radius 1 is 1.56 bits per heavy atom. The van der Waals surface area contributed by atoms with E-state index in [4.69, 9.17) is 11.5 Å². The molecule has 5 N–H and O–H groups in total. The summed E-state index contributed by atoms with van der Waals surface area (Å²) in [5.74, 6) is 0.0506. The summed E-state index contributed by atoms with van der Waals surface area (Å²) in [7, 11) is 0. The quantitative estimate of drug-likeness (QED) is 0.728. The van der Waals surface area contributed by atoms with E-state index in [0.717, 1.165) is 18.2 Å². The topological polar surface area (TPSA) is 81.1 Å². The van der Waals surface area contributed by atoms with Gasteiger partial charge in [-0.2, -0.15) is 11.8 Å². The summed E-state index contributed by atoms with van der Waals surface area (Å²) in [4.78, 5) is 11.1. The van der Waals surface area contributed by atoms with Crippen molar-refractivity contribution in [3.63, 3.8) is 0 Å². The van der Waals surface area contributed by atoms with Gasteiger partial charge in [-0.25, -0.2) is 4.39 Å². The molecule has 0 bridgehead atoms. The van der Waals surface area contributed by atoms with E-state index in [1.165, 1.54) is 12.5 Å². The first kappa shape index (κ1) is 13.0. The number of carbonyl (C=O) groups is 1. The van der Waals surface area contributed by atoms with Gasteiger partial charge in [-0.05, 0) is 30.7 Å². The van der Waals surface area contributed by atoms with E-state index in [9.17, 15) is 9.18 Å². The molecule has 1 aromatic carbocycles. The second-order valence-electron chi connectivity index (χ2n) is 4.30. The summed E-state index contributed by atoms with van der Waals surface area (Å²) in [5.41, 5.74) is 11.2. The Kier molecular flexibility index (Phi) is 3.96. The minimum absolute atomic E-state index is 0.0702. The molecule has 0 spiro atoms. The van der Waals surface area contributed by atoms with Crippen LogP contribution in [0.25, 0.3) is 0 Å². The van der Waals surface area contributed by atoms with E-state index in [1.807, 2.05) is 11.8 Å². The summed E-state index contributed by atoms with van der Waals surface area (Å²) in [6.07, 6.45) is 2.34. The maximum absolute atomic E-state index is 13.7. The smallest absolute Gasteiger partial charge is 0.250 e. The van der Waals surface area contributed by atoms with Crippen molar-refractivity contribution in [2.45, 2.75) is 18.1 Å². The molecule has 0 radical (unpaired) electrons. The lowest BCUT2D eigenvalue weighted by molar-refractivity contribution is 0.100. The monoisotopic (exact) mass is 269 g/mol. The van der Waals surface area contributed by atoms with E-state index in [-0.39, 0.29) is 16.9 Å². The van der Waals surface area contributed by atoms with Crippen molar-refractivity contribution in [1.82, 2.24) is 0 Å². The third kappa shape index (κ3) is 2.87. The van der Waals surface area contributed by atoms with Gasteiger partial charge in [0.05, 0.1) is 11.3 Å². The van der Waals surface area contributed by atoms with Crippen molar-refractivity contribution < 1.29 is 9.18 Å². The number of amides is 1. The number of carbonyl (C=O) groups excluding carboxylic acids is 1. The minimum Gasteiger partial charge on any atom is -0.398 e. The van der Waals surface area contributed by atoms with Gasteiger partial charge in [0.2, 0.25) is 0 Å². The van der Waals surface area contributed by atoms with Gasteiger partial charge in [-0.15, -0.1) is 0 Å². The van der Waals surface area contributed by atoms with Gasteiger partial charge < -0.3 is 16.8 Å². The van der Waals surface area contributed by atoms with Crippen molar-refractivity contribution in [3.8, 4) is 0 Å². The van der Waals surface area contributed by atoms with Crippen LogP contribution in [0.3, 0.4) is 0 Å². The number of hydrogen-bond donors (Lipinski definition) is 3. The number of halogens is 1. The lowest BCUT2D eigenvalue weighted by Crippen LogP contribution is -2.17. The molecule has 1 amide bonds. The van der Waals surface area contributed by atoms with Crippen molar-refractivity contribution in [2.24, 2.45) is 5.73 Å². The second-order valence-corrected chi connectivity index (χ2v) is 5.71. The van der Waals surface area contributed by atoms with Crippen LogP contribution < -0.4 is 16.8 Å². The normalized spacial score (nSPS) is 18.8. The predicted molar refractivity (Wildman–Crippen MR) is 73.3 cm³/mol. The first-order chi connectivity index (χ1) is 8.58. The van der Waals surface area contributed by atoms with Crippen LogP contribution in [0.1, 0.15) is 23.2 Å². The van der Waals surface area contributed by atoms with Crippen LogP contribution in [0.4, 0.5) is 15.8 Å². The maximum Gasteiger partial charge on any atom is 0.250 e. The van der Waals surface area contributed by atoms with Crippen molar-refractivity contribution in [2.75, 3.05) is 23.3 Å². The predicted octanol–water partition coefficient (Wildman–Crippen LogP) is 1.81. The summed E-state index contributed by atoms with van der Waals surface area (Å²) in [6.45, 7) is 0.684. The average Bonchev–Trinajstić information content (AvgIpc) is 2.80. The fourth-order valence-corrected chi connectivity index (χ4v) is 3.17. The number of thioether (sulfide) groups is 1. The molecule has 1 saturated heterocycles. The highest BCUT2D eigenvalue weighted by atomic mass is 32.2. The second kappa shape index (κ2) is 5.48. The molecule has 1 atom stereocenters. The Hall–Kier alpha value is -1.43. The summed E-state index contributed by atoms with van der Waals surface area (Å²) in [6, 6.07) is 2.51. The zero-order valence-electron chi connectivity index (χ0n) is 9.91. The van der Waals surface area contributed by atoms with E-state index in [0.29, 0.717) is 11.8 Å². The SMILES string of the molecule is NC(=O)c1cc(NCC2CCCS2)c(F)cc1N. The van der Waals surface area contributed by atoms with E-state index >= 15 is 0 Å². The Morgan fingerprint density at radius 2 is 2.33 bits per heavy atom. The minimum atomic E-state index is -0.647. The number of nitrogens with two attached hydrogens (primary N) is 2. The molecular weight excluding hydrogens is 253 g/mol. The highest BCUT2D eigenvalue weighted by molar-refractivity contribution is 8.00. The van der Waals surface area contributed by atoms with Crippen LogP contribution in [0, 0.1) is 5.82 Å². The molecular formula is C12H16FN3OS. The molecule has 1 fully saturated rings. The summed E-state index contributed by atoms with van der Waals surface area (Å²) in [5, 5.41) is 3.52. The molecule has 2 rings (SSSR count). The fraction of sp³-hybridized carbons (Fsp3) is 0.417. The van der Waals surface area contributed by atoms with Gasteiger partial charge in [0.25, 0.3) is 5.91 Å². The molecule has 0 aliphatic carbocycles. The van der Waals surface area contributed by atoms with E-state index < -0.39 is 11.7 Å². The Balaban J connectivity index is 2.11. The number of primary amides is 1. The van der Waals surface area contributed by atoms with Crippen LogP contribution >= 0.6 is 11.8 Å². The largest absolute Gasteiger partial charge is 0.398 e. The molecule has 6 heteroatoms. The van der Waals surface area contributed by atoms with Gasteiger partial charge in [0.15, 0.2) is 0 Å². The Labute approximate surface area is 109 Å². The molecule has 1 aromatic rings. The standard InChI is InChI=1S/C12H16FN3OS/c13-9-5-10(14)8(12(15)17)4-11(9)16-6-7-2-1-3-18-7/h4-5,7,16H,1-3,6,14H2,(H2,15,17). The van der Waals surface area contributed by atoms with Gasteiger partial charge >= 0.3 is 0 Å². The molecule has 0 saturated carbocycles. The molecule has 0 aromatic heterocycles. The number of nitrogens with one attached hydrogen (secondary N) is 1. The first-order valence-electron chi connectivity index (χ1n) is 5.82. The van der Waals surface area contributed by atoms with Crippen LogP contribution in [-0.2, 0) is 0 Å². The van der Waals surface area contributed by atoms with Crippen LogP contribution in [0.5, 0.6) is 0 Å². The molecule has 18 heavy (non-hydrogen) atoms. The molecule has 1 aliphatic heterocycles. The van der Waals surface area contributed by atoms with E-state index in [2.05, 4.69) is 5.32 Å². The lowest BCUT2D eigenvalue weighted by atomic mass is 10.1. The first-order valence-corrected chi connectivity index (χ1v) is 6.87. The van der Waals surface area contributed by atoms with Crippen molar-refractivity contribution >= 4 is 29.0 Å². The van der Waals surface area contributed by atoms with E-state index in [1.54, 1.807) is 0 Å². The lowest BCUT2D eigenvalue weighted by Gasteiger charge is -2.13. The number of nitrogen functional groups attached to an aromatic ring is 1. The number of benzene rings is 1. The number of hydrogen-bond acceptors (Lipinski definition) is 4. The zero-order valence-corrected chi connectivity index (χ0v) is 10.7. The highest BCUT2D eigenvalue weighted by Crippen LogP contribution is 2.27. The maximum atomic E-state index is 13.7. The van der Waals surface area contributed by atoms with Crippen molar-refractivity contribution in [3.05, 3.63) is 23.5 Å². The molecule has 98 valence electrons. The highest BCUT2D eigenvalue weighted by Gasteiger charge is 2.17. The van der Waals surface area contributed by atoms with Gasteiger partial charge in [0.1, 0.15) is 5.82 Å². The average molecular weight is 269 g/mol. The molecule has 1 unspecified atom stereocenters. The zero-order chi connectivity index (χ0) is 13.1. The summed E-state index contributed by atoms with van der Waals surface area (Å²) >= 11 is 1.88. The van der Waals surface area contributed by atoms with Crippen LogP contribution in [0.15, 0.2) is 12.1 Å². The molecule has 1 heterocycles. The Morgan fingerprint density at radius 3 is 2.94 bits per heavy atom. The van der Waals surface area contributed by atoms with Gasteiger partial charge in [0, 0.05) is 17.5 Å². The number of anilines is 2. The van der Waals surface area contributed by atoms with Crippen LogP contribution in [0.2, 0.25) is 0 Å². The van der Waals surface area contributed by atoms with Gasteiger partial charge in [-0.1, -0.05) is 0 Å².